The van der Waals surface area contributed by atoms with Crippen molar-refractivity contribution in [1.29, 1.82) is 0 Å². The molecule has 1 aliphatic heterocycles. The van der Waals surface area contributed by atoms with Crippen LogP contribution in [-0.4, -0.2) is 63.6 Å². The van der Waals surface area contributed by atoms with Crippen molar-refractivity contribution in [3.8, 4) is 0 Å². The van der Waals surface area contributed by atoms with E-state index >= 15 is 0 Å². The lowest BCUT2D eigenvalue weighted by Gasteiger charge is -2.37. The Bertz CT molecular complexity index is 1120. The number of amides is 2. The highest BCUT2D eigenvalue weighted by Gasteiger charge is 2.38. The van der Waals surface area contributed by atoms with Gasteiger partial charge in [0.2, 0.25) is 5.92 Å². The maximum absolute atomic E-state index is 13.7. The third kappa shape index (κ3) is 5.79. The lowest BCUT2D eigenvalue weighted by atomic mass is 9.91. The van der Waals surface area contributed by atoms with E-state index in [0.29, 0.717) is 29.1 Å². The van der Waals surface area contributed by atoms with E-state index in [4.69, 9.17) is 16.3 Å². The molecule has 0 spiro atoms. The van der Waals surface area contributed by atoms with Crippen molar-refractivity contribution in [3.63, 3.8) is 0 Å². The first-order valence-corrected chi connectivity index (χ1v) is 13.2. The number of carbonyl (C=O) groups is 2. The Hall–Kier alpha value is -2.35. The number of rotatable bonds is 4. The van der Waals surface area contributed by atoms with Gasteiger partial charge in [0.05, 0.1) is 22.1 Å². The fourth-order valence-corrected chi connectivity index (χ4v) is 5.64. The number of halogens is 3. The van der Waals surface area contributed by atoms with Crippen LogP contribution in [0.2, 0.25) is 5.02 Å². The van der Waals surface area contributed by atoms with Crippen molar-refractivity contribution < 1.29 is 23.1 Å². The highest BCUT2D eigenvalue weighted by Crippen LogP contribution is 2.36. The molecule has 0 N–H and O–H groups in total. The molecule has 2 amide bonds. The van der Waals surface area contributed by atoms with Crippen molar-refractivity contribution in [2.75, 3.05) is 13.6 Å². The standard InChI is InChI=1S/C27H36ClF2N3O3/c1-26(2,3)36-25(35)33-15-6-5-8-19(33)16-32-17-20(23-21(28)9-7-10-22(23)32)24(34)31(4)18-11-13-27(29,30)14-12-18/h7,9-10,17-19H,5-6,8,11-16H2,1-4H3. The van der Waals surface area contributed by atoms with Crippen LogP contribution in [0.25, 0.3) is 10.9 Å². The molecule has 198 valence electrons. The Balaban J connectivity index is 1.61. The summed E-state index contributed by atoms with van der Waals surface area (Å²) in [6.45, 7) is 6.69. The van der Waals surface area contributed by atoms with Crippen LogP contribution in [0.4, 0.5) is 13.6 Å². The Morgan fingerprint density at radius 1 is 1.17 bits per heavy atom. The predicted molar refractivity (Wildman–Crippen MR) is 137 cm³/mol. The maximum atomic E-state index is 13.7. The van der Waals surface area contributed by atoms with Crippen LogP contribution < -0.4 is 0 Å². The van der Waals surface area contributed by atoms with Gasteiger partial charge in [-0.05, 0) is 65.0 Å². The number of ether oxygens (including phenoxy) is 1. The summed E-state index contributed by atoms with van der Waals surface area (Å²) in [6, 6.07) is 5.19. The van der Waals surface area contributed by atoms with Crippen LogP contribution in [0.1, 0.15) is 76.1 Å². The normalized spacial score (nSPS) is 21.0. The highest BCUT2D eigenvalue weighted by molar-refractivity contribution is 6.36. The number of carbonyl (C=O) groups excluding carboxylic acids is 2. The lowest BCUT2D eigenvalue weighted by Crippen LogP contribution is -2.47. The number of nitrogens with zero attached hydrogens (tertiary/aromatic N) is 3. The van der Waals surface area contributed by atoms with E-state index in [1.54, 1.807) is 29.1 Å². The zero-order chi connectivity index (χ0) is 26.3. The van der Waals surface area contributed by atoms with E-state index in [0.717, 1.165) is 24.8 Å². The van der Waals surface area contributed by atoms with E-state index in [2.05, 4.69) is 0 Å². The van der Waals surface area contributed by atoms with Gasteiger partial charge >= 0.3 is 6.09 Å². The lowest BCUT2D eigenvalue weighted by molar-refractivity contribution is -0.0490. The minimum atomic E-state index is -2.65. The molecule has 1 aromatic carbocycles. The number of likely N-dealkylation sites (tertiary alicyclic amines) is 1. The summed E-state index contributed by atoms with van der Waals surface area (Å²) in [5, 5.41) is 1.11. The third-order valence-electron chi connectivity index (χ3n) is 7.30. The zero-order valence-corrected chi connectivity index (χ0v) is 22.3. The summed E-state index contributed by atoms with van der Waals surface area (Å²) in [5.74, 6) is -2.88. The van der Waals surface area contributed by atoms with Gasteiger partial charge < -0.3 is 19.1 Å². The van der Waals surface area contributed by atoms with Gasteiger partial charge in [0.25, 0.3) is 5.91 Å². The number of hydrogen-bond donors (Lipinski definition) is 0. The predicted octanol–water partition coefficient (Wildman–Crippen LogP) is 6.73. The van der Waals surface area contributed by atoms with Gasteiger partial charge in [-0.2, -0.15) is 0 Å². The minimum Gasteiger partial charge on any atom is -0.444 e. The summed E-state index contributed by atoms with van der Waals surface area (Å²) in [4.78, 5) is 29.9. The number of piperidine rings is 1. The van der Waals surface area contributed by atoms with Crippen LogP contribution in [0.15, 0.2) is 24.4 Å². The summed E-state index contributed by atoms with van der Waals surface area (Å²) in [5.41, 5.74) is 0.680. The Kier molecular flexibility index (Phi) is 7.56. The first-order valence-electron chi connectivity index (χ1n) is 12.8. The largest absolute Gasteiger partial charge is 0.444 e. The van der Waals surface area contributed by atoms with E-state index in [9.17, 15) is 18.4 Å². The molecule has 2 heterocycles. The van der Waals surface area contributed by atoms with Crippen molar-refractivity contribution >= 4 is 34.5 Å². The Morgan fingerprint density at radius 3 is 2.53 bits per heavy atom. The molecule has 36 heavy (non-hydrogen) atoms. The molecule has 1 aliphatic carbocycles. The van der Waals surface area contributed by atoms with Crippen molar-refractivity contribution in [3.05, 3.63) is 35.0 Å². The fraction of sp³-hybridized carbons (Fsp3) is 0.630. The number of aromatic nitrogens is 1. The minimum absolute atomic E-state index is 0.0792. The average Bonchev–Trinajstić information content (AvgIpc) is 3.17. The fourth-order valence-electron chi connectivity index (χ4n) is 5.37. The summed E-state index contributed by atoms with van der Waals surface area (Å²) in [6.07, 6.45) is 4.36. The van der Waals surface area contributed by atoms with Crippen LogP contribution >= 0.6 is 11.6 Å². The summed E-state index contributed by atoms with van der Waals surface area (Å²) < 4.78 is 35.0. The molecule has 0 bridgehead atoms. The van der Waals surface area contributed by atoms with Gasteiger partial charge in [-0.15, -0.1) is 0 Å². The van der Waals surface area contributed by atoms with Gasteiger partial charge in [-0.3, -0.25) is 4.79 Å². The molecule has 9 heteroatoms. The van der Waals surface area contributed by atoms with Gasteiger partial charge in [0, 0.05) is 50.6 Å². The second-order valence-corrected chi connectivity index (χ2v) is 11.6. The van der Waals surface area contributed by atoms with Gasteiger partial charge in [-0.25, -0.2) is 13.6 Å². The average molecular weight is 524 g/mol. The molecule has 2 fully saturated rings. The van der Waals surface area contributed by atoms with Crippen LogP contribution in [-0.2, 0) is 11.3 Å². The Morgan fingerprint density at radius 2 is 1.86 bits per heavy atom. The molecule has 1 saturated heterocycles. The molecule has 2 aliphatic rings. The van der Waals surface area contributed by atoms with E-state index in [1.165, 1.54) is 0 Å². The summed E-state index contributed by atoms with van der Waals surface area (Å²) in [7, 11) is 1.68. The summed E-state index contributed by atoms with van der Waals surface area (Å²) >= 11 is 6.57. The van der Waals surface area contributed by atoms with Crippen LogP contribution in [0.3, 0.4) is 0 Å². The van der Waals surface area contributed by atoms with Crippen molar-refractivity contribution in [2.45, 2.75) is 95.9 Å². The van der Waals surface area contributed by atoms with Crippen LogP contribution in [0, 0.1) is 0 Å². The number of fused-ring (bicyclic) bond motifs is 1. The highest BCUT2D eigenvalue weighted by atomic mass is 35.5. The number of benzene rings is 1. The van der Waals surface area contributed by atoms with Gasteiger partial charge in [0.1, 0.15) is 5.60 Å². The molecule has 1 saturated carbocycles. The monoisotopic (exact) mass is 523 g/mol. The first-order chi connectivity index (χ1) is 16.9. The SMILES string of the molecule is CN(C(=O)c1cn(CC2CCCCN2C(=O)OC(C)(C)C)c2cccc(Cl)c12)C1CCC(F)(F)CC1. The topological polar surface area (TPSA) is 54.8 Å². The molecule has 4 rings (SSSR count). The zero-order valence-electron chi connectivity index (χ0n) is 21.5. The molecule has 0 radical (unpaired) electrons. The molecular formula is C27H36ClF2N3O3. The second-order valence-electron chi connectivity index (χ2n) is 11.2. The Labute approximate surface area is 216 Å². The quantitative estimate of drug-likeness (QED) is 0.446. The third-order valence-corrected chi connectivity index (χ3v) is 7.62. The number of hydrogen-bond acceptors (Lipinski definition) is 3. The molecule has 6 nitrogen and oxygen atoms in total. The van der Waals surface area contributed by atoms with Crippen molar-refractivity contribution in [1.82, 2.24) is 14.4 Å². The molecule has 2 aromatic rings. The van der Waals surface area contributed by atoms with E-state index in [-0.39, 0.29) is 49.8 Å². The molecule has 1 atom stereocenters. The van der Waals surface area contributed by atoms with Gasteiger partial charge in [-0.1, -0.05) is 17.7 Å². The van der Waals surface area contributed by atoms with Crippen molar-refractivity contribution in [2.24, 2.45) is 0 Å². The van der Waals surface area contributed by atoms with Gasteiger partial charge in [0.15, 0.2) is 0 Å². The van der Waals surface area contributed by atoms with E-state index in [1.807, 2.05) is 37.5 Å². The smallest absolute Gasteiger partial charge is 0.410 e. The van der Waals surface area contributed by atoms with E-state index < -0.39 is 11.5 Å². The second kappa shape index (κ2) is 10.2. The molecular weight excluding hydrogens is 488 g/mol. The number of alkyl halides is 2. The molecule has 1 unspecified atom stereocenters. The maximum Gasteiger partial charge on any atom is 0.410 e. The molecule has 1 aromatic heterocycles. The first kappa shape index (κ1) is 26.7. The van der Waals surface area contributed by atoms with Crippen LogP contribution in [0.5, 0.6) is 0 Å².